The lowest BCUT2D eigenvalue weighted by Gasteiger charge is -2.23. The number of fused-ring (bicyclic) bond motifs is 2. The molecule has 4 rings (SSSR count). The molecule has 3 aromatic carbocycles. The number of rotatable bonds is 2. The minimum Gasteiger partial charge on any atom is -0.479 e. The molecule has 1 atom stereocenters. The van der Waals surface area contributed by atoms with Crippen molar-refractivity contribution in [3.63, 3.8) is 0 Å². The Morgan fingerprint density at radius 3 is 2.68 bits per heavy atom. The molecule has 5 nitrogen and oxygen atoms in total. The third-order valence-electron chi connectivity index (χ3n) is 4.18. The molecule has 1 heterocycles. The van der Waals surface area contributed by atoms with E-state index < -0.39 is 6.10 Å². The van der Waals surface area contributed by atoms with Crippen LogP contribution in [0.4, 0.5) is 11.4 Å². The SMILES string of the molecule is C[C@H]1Oc2ccc(NC(=O)c3ccc4ccccc4c3)cc2NC1=O. The molecular weight excluding hydrogens is 316 g/mol. The van der Waals surface area contributed by atoms with Crippen LogP contribution < -0.4 is 15.4 Å². The van der Waals surface area contributed by atoms with Crippen molar-refractivity contribution in [3.05, 3.63) is 66.2 Å². The zero-order valence-electron chi connectivity index (χ0n) is 13.6. The van der Waals surface area contributed by atoms with Gasteiger partial charge in [-0.3, -0.25) is 9.59 Å². The van der Waals surface area contributed by atoms with Crippen molar-refractivity contribution in [2.45, 2.75) is 13.0 Å². The summed E-state index contributed by atoms with van der Waals surface area (Å²) < 4.78 is 5.51. The van der Waals surface area contributed by atoms with E-state index in [1.165, 1.54) is 0 Å². The Balaban J connectivity index is 1.58. The number of amides is 2. The molecule has 0 spiro atoms. The van der Waals surface area contributed by atoms with Gasteiger partial charge in [-0.1, -0.05) is 30.3 Å². The molecule has 0 unspecified atom stereocenters. The first kappa shape index (κ1) is 15.2. The van der Waals surface area contributed by atoms with Crippen LogP contribution in [0.3, 0.4) is 0 Å². The second kappa shape index (κ2) is 5.94. The van der Waals surface area contributed by atoms with Crippen LogP contribution in [0.25, 0.3) is 10.8 Å². The summed E-state index contributed by atoms with van der Waals surface area (Å²) in [5.41, 5.74) is 1.72. The van der Waals surface area contributed by atoms with Crippen LogP contribution in [0.15, 0.2) is 60.7 Å². The highest BCUT2D eigenvalue weighted by Gasteiger charge is 2.23. The summed E-state index contributed by atoms with van der Waals surface area (Å²) in [4.78, 5) is 24.2. The molecule has 0 saturated heterocycles. The molecular formula is C20H16N2O3. The molecule has 0 saturated carbocycles. The number of anilines is 2. The Morgan fingerprint density at radius 2 is 1.84 bits per heavy atom. The van der Waals surface area contributed by atoms with Crippen LogP contribution in [-0.2, 0) is 4.79 Å². The highest BCUT2D eigenvalue weighted by atomic mass is 16.5. The van der Waals surface area contributed by atoms with Gasteiger partial charge in [0.15, 0.2) is 6.10 Å². The standard InChI is InChI=1S/C20H16N2O3/c1-12-19(23)22-17-11-16(8-9-18(17)25-12)21-20(24)15-7-6-13-4-2-3-5-14(13)10-15/h2-12H,1H3,(H,21,24)(H,22,23)/t12-/m1/s1. The molecule has 0 aromatic heterocycles. The predicted octanol–water partition coefficient (Wildman–Crippen LogP) is 3.81. The highest BCUT2D eigenvalue weighted by Crippen LogP contribution is 2.32. The molecule has 1 aliphatic rings. The fraction of sp³-hybridized carbons (Fsp3) is 0.100. The first-order valence-electron chi connectivity index (χ1n) is 8.02. The van der Waals surface area contributed by atoms with Crippen molar-refractivity contribution in [1.82, 2.24) is 0 Å². The summed E-state index contributed by atoms with van der Waals surface area (Å²) in [6.45, 7) is 1.69. The van der Waals surface area contributed by atoms with Crippen molar-refractivity contribution in [1.29, 1.82) is 0 Å². The molecule has 5 heteroatoms. The van der Waals surface area contributed by atoms with Gasteiger partial charge in [0.05, 0.1) is 5.69 Å². The summed E-state index contributed by atoms with van der Waals surface area (Å²) in [6.07, 6.45) is -0.523. The van der Waals surface area contributed by atoms with Gasteiger partial charge in [-0.15, -0.1) is 0 Å². The third kappa shape index (κ3) is 2.92. The van der Waals surface area contributed by atoms with Crippen molar-refractivity contribution in [2.24, 2.45) is 0 Å². The van der Waals surface area contributed by atoms with E-state index in [0.717, 1.165) is 10.8 Å². The van der Waals surface area contributed by atoms with E-state index in [4.69, 9.17) is 4.74 Å². The topological polar surface area (TPSA) is 67.4 Å². The number of carbonyl (C=O) groups excluding carboxylic acids is 2. The van der Waals surface area contributed by atoms with Gasteiger partial charge in [-0.05, 0) is 48.0 Å². The van der Waals surface area contributed by atoms with Crippen LogP contribution >= 0.6 is 0 Å². The molecule has 3 aromatic rings. The van der Waals surface area contributed by atoms with Crippen LogP contribution in [0, 0.1) is 0 Å². The summed E-state index contributed by atoms with van der Waals surface area (Å²) in [5, 5.41) is 7.72. The van der Waals surface area contributed by atoms with E-state index in [0.29, 0.717) is 22.7 Å². The van der Waals surface area contributed by atoms with E-state index >= 15 is 0 Å². The first-order chi connectivity index (χ1) is 12.1. The van der Waals surface area contributed by atoms with E-state index in [2.05, 4.69) is 10.6 Å². The van der Waals surface area contributed by atoms with Crippen molar-refractivity contribution < 1.29 is 14.3 Å². The second-order valence-corrected chi connectivity index (χ2v) is 5.98. The van der Waals surface area contributed by atoms with Crippen molar-refractivity contribution in [3.8, 4) is 5.75 Å². The first-order valence-corrected chi connectivity index (χ1v) is 8.02. The van der Waals surface area contributed by atoms with Gasteiger partial charge in [0, 0.05) is 11.3 Å². The van der Waals surface area contributed by atoms with Gasteiger partial charge in [0.2, 0.25) is 0 Å². The molecule has 124 valence electrons. The fourth-order valence-electron chi connectivity index (χ4n) is 2.82. The van der Waals surface area contributed by atoms with Gasteiger partial charge in [-0.25, -0.2) is 0 Å². The lowest BCUT2D eigenvalue weighted by atomic mass is 10.1. The number of ether oxygens (including phenoxy) is 1. The monoisotopic (exact) mass is 332 g/mol. The number of nitrogens with one attached hydrogen (secondary N) is 2. The number of carbonyl (C=O) groups is 2. The van der Waals surface area contributed by atoms with Crippen molar-refractivity contribution in [2.75, 3.05) is 10.6 Å². The maximum Gasteiger partial charge on any atom is 0.265 e. The molecule has 1 aliphatic heterocycles. The minimum atomic E-state index is -0.523. The zero-order valence-corrected chi connectivity index (χ0v) is 13.6. The van der Waals surface area contributed by atoms with Gasteiger partial charge in [-0.2, -0.15) is 0 Å². The molecule has 0 aliphatic carbocycles. The van der Waals surface area contributed by atoms with E-state index in [1.807, 2.05) is 36.4 Å². The van der Waals surface area contributed by atoms with Crippen molar-refractivity contribution >= 4 is 34.0 Å². The lowest BCUT2D eigenvalue weighted by molar-refractivity contribution is -0.122. The van der Waals surface area contributed by atoms with Crippen LogP contribution in [0.5, 0.6) is 5.75 Å². The Bertz CT molecular complexity index is 997. The summed E-state index contributed by atoms with van der Waals surface area (Å²) >= 11 is 0. The average Bonchev–Trinajstić information content (AvgIpc) is 2.62. The maximum atomic E-state index is 12.5. The maximum absolute atomic E-state index is 12.5. The van der Waals surface area contributed by atoms with Gasteiger partial charge >= 0.3 is 0 Å². The zero-order chi connectivity index (χ0) is 17.4. The number of benzene rings is 3. The average molecular weight is 332 g/mol. The quantitative estimate of drug-likeness (QED) is 0.750. The molecule has 2 amide bonds. The Morgan fingerprint density at radius 1 is 1.04 bits per heavy atom. The predicted molar refractivity (Wildman–Crippen MR) is 97.1 cm³/mol. The van der Waals surface area contributed by atoms with Gasteiger partial charge in [0.1, 0.15) is 5.75 Å². The largest absolute Gasteiger partial charge is 0.479 e. The normalized spacial score (nSPS) is 15.9. The molecule has 0 fully saturated rings. The summed E-state index contributed by atoms with van der Waals surface area (Å²) in [6, 6.07) is 18.6. The van der Waals surface area contributed by atoms with Gasteiger partial charge in [0.25, 0.3) is 11.8 Å². The van der Waals surface area contributed by atoms with Gasteiger partial charge < -0.3 is 15.4 Å². The lowest BCUT2D eigenvalue weighted by Crippen LogP contribution is -2.34. The third-order valence-corrected chi connectivity index (χ3v) is 4.18. The highest BCUT2D eigenvalue weighted by molar-refractivity contribution is 6.07. The van der Waals surface area contributed by atoms with E-state index in [1.54, 1.807) is 31.2 Å². The summed E-state index contributed by atoms with van der Waals surface area (Å²) in [7, 11) is 0. The van der Waals surface area contributed by atoms with Crippen LogP contribution in [0.2, 0.25) is 0 Å². The Labute approximate surface area is 144 Å². The van der Waals surface area contributed by atoms with Crippen LogP contribution in [-0.4, -0.2) is 17.9 Å². The number of hydrogen-bond donors (Lipinski definition) is 2. The van der Waals surface area contributed by atoms with E-state index in [-0.39, 0.29) is 11.8 Å². The second-order valence-electron chi connectivity index (χ2n) is 5.98. The Kier molecular flexibility index (Phi) is 3.61. The molecule has 0 bridgehead atoms. The smallest absolute Gasteiger partial charge is 0.265 e. The molecule has 0 radical (unpaired) electrons. The fourth-order valence-corrected chi connectivity index (χ4v) is 2.82. The molecule has 2 N–H and O–H groups in total. The molecule has 25 heavy (non-hydrogen) atoms. The van der Waals surface area contributed by atoms with Crippen LogP contribution in [0.1, 0.15) is 17.3 Å². The summed E-state index contributed by atoms with van der Waals surface area (Å²) in [5.74, 6) is 0.184. The van der Waals surface area contributed by atoms with E-state index in [9.17, 15) is 9.59 Å². The Hall–Kier alpha value is -3.34. The minimum absolute atomic E-state index is 0.203. The number of hydrogen-bond acceptors (Lipinski definition) is 3.